The monoisotopic (exact) mass is 482 g/mol. The Hall–Kier alpha value is -3.43. The summed E-state index contributed by atoms with van der Waals surface area (Å²) < 4.78 is 18.1. The summed E-state index contributed by atoms with van der Waals surface area (Å²) in [6, 6.07) is 8.55. The maximum Gasteiger partial charge on any atom is 0.338 e. The van der Waals surface area contributed by atoms with Crippen molar-refractivity contribution in [1.82, 2.24) is 4.57 Å². The fourth-order valence-electron chi connectivity index (χ4n) is 3.60. The van der Waals surface area contributed by atoms with Crippen LogP contribution in [-0.4, -0.2) is 31.4 Å². The van der Waals surface area contributed by atoms with Gasteiger partial charge in [0.2, 0.25) is 0 Å². The van der Waals surface area contributed by atoms with Gasteiger partial charge in [-0.1, -0.05) is 30.1 Å². The lowest BCUT2D eigenvalue weighted by molar-refractivity contribution is -0.138. The molecule has 3 heterocycles. The van der Waals surface area contributed by atoms with Crippen LogP contribution in [0.1, 0.15) is 23.4 Å². The van der Waals surface area contributed by atoms with Crippen molar-refractivity contribution in [3.63, 3.8) is 0 Å². The van der Waals surface area contributed by atoms with Crippen molar-refractivity contribution < 1.29 is 19.0 Å². The van der Waals surface area contributed by atoms with Gasteiger partial charge in [-0.2, -0.15) is 0 Å². The molecule has 0 saturated heterocycles. The molecule has 0 unspecified atom stereocenters. The van der Waals surface area contributed by atoms with Crippen LogP contribution < -0.4 is 24.4 Å². The molecule has 0 aliphatic carbocycles. The number of nitrogens with zero attached hydrogens (tertiary/aromatic N) is 2. The van der Waals surface area contributed by atoms with E-state index in [2.05, 4.69) is 11.6 Å². The zero-order valence-corrected chi connectivity index (χ0v) is 20.0. The van der Waals surface area contributed by atoms with Gasteiger partial charge in [0.05, 0.1) is 30.0 Å². The molecular formula is C24H22N2O5S2. The van der Waals surface area contributed by atoms with Gasteiger partial charge in [0.1, 0.15) is 24.1 Å². The van der Waals surface area contributed by atoms with Gasteiger partial charge in [-0.25, -0.2) is 9.79 Å². The van der Waals surface area contributed by atoms with Crippen molar-refractivity contribution >= 4 is 34.7 Å². The molecule has 33 heavy (non-hydrogen) atoms. The Morgan fingerprint density at radius 2 is 2.09 bits per heavy atom. The summed E-state index contributed by atoms with van der Waals surface area (Å²) in [6.45, 7) is 5.43. The van der Waals surface area contributed by atoms with E-state index < -0.39 is 12.0 Å². The first kappa shape index (κ1) is 22.8. The van der Waals surface area contributed by atoms with Gasteiger partial charge in [-0.05, 0) is 42.6 Å². The van der Waals surface area contributed by atoms with Crippen LogP contribution in [0.5, 0.6) is 11.5 Å². The van der Waals surface area contributed by atoms with E-state index in [-0.39, 0.29) is 12.2 Å². The SMILES string of the molecule is C=CCOC(=O)C1=C(C)N=c2s/c(=C\c3cc(OC)ccc3OC)c(=O)n2[C@H]1c1cccs1. The second kappa shape index (κ2) is 9.60. The molecule has 4 rings (SSSR count). The van der Waals surface area contributed by atoms with E-state index in [0.29, 0.717) is 37.7 Å². The number of allylic oxidation sites excluding steroid dienone is 1. The smallest absolute Gasteiger partial charge is 0.338 e. The molecule has 1 atom stereocenters. The number of ether oxygens (including phenoxy) is 3. The molecule has 170 valence electrons. The van der Waals surface area contributed by atoms with Crippen LogP contribution in [0.15, 0.2) is 69.4 Å². The predicted molar refractivity (Wildman–Crippen MR) is 129 cm³/mol. The number of rotatable bonds is 7. The normalized spacial score (nSPS) is 15.6. The van der Waals surface area contributed by atoms with Crippen molar-refractivity contribution in [2.45, 2.75) is 13.0 Å². The third-order valence-electron chi connectivity index (χ3n) is 5.11. The Bertz CT molecular complexity index is 1410. The first-order chi connectivity index (χ1) is 16.0. The van der Waals surface area contributed by atoms with Gasteiger partial charge in [-0.3, -0.25) is 9.36 Å². The van der Waals surface area contributed by atoms with Gasteiger partial charge in [0.25, 0.3) is 5.56 Å². The quantitative estimate of drug-likeness (QED) is 0.382. The van der Waals surface area contributed by atoms with Crippen LogP contribution in [0.25, 0.3) is 6.08 Å². The number of carbonyl (C=O) groups excluding carboxylic acids is 1. The predicted octanol–water partition coefficient (Wildman–Crippen LogP) is 3.04. The van der Waals surface area contributed by atoms with Crippen LogP contribution in [-0.2, 0) is 9.53 Å². The Kier molecular flexibility index (Phi) is 6.62. The largest absolute Gasteiger partial charge is 0.497 e. The molecule has 7 nitrogen and oxygen atoms in total. The highest BCUT2D eigenvalue weighted by Gasteiger charge is 2.33. The van der Waals surface area contributed by atoms with E-state index in [4.69, 9.17) is 14.2 Å². The average Bonchev–Trinajstić information content (AvgIpc) is 3.45. The summed E-state index contributed by atoms with van der Waals surface area (Å²) >= 11 is 2.73. The molecule has 0 fully saturated rings. The van der Waals surface area contributed by atoms with Crippen molar-refractivity contribution in [1.29, 1.82) is 0 Å². The van der Waals surface area contributed by atoms with Crippen molar-refractivity contribution in [2.24, 2.45) is 4.99 Å². The molecule has 1 aliphatic heterocycles. The van der Waals surface area contributed by atoms with E-state index in [1.54, 1.807) is 50.0 Å². The molecule has 0 saturated carbocycles. The van der Waals surface area contributed by atoms with Gasteiger partial charge in [0, 0.05) is 10.4 Å². The van der Waals surface area contributed by atoms with Crippen LogP contribution in [0, 0.1) is 0 Å². The molecule has 0 spiro atoms. The molecule has 0 amide bonds. The Balaban J connectivity index is 1.92. The Morgan fingerprint density at radius 3 is 2.76 bits per heavy atom. The first-order valence-electron chi connectivity index (χ1n) is 10.0. The third-order valence-corrected chi connectivity index (χ3v) is 7.02. The molecule has 2 aromatic heterocycles. The van der Waals surface area contributed by atoms with Gasteiger partial charge in [-0.15, -0.1) is 11.3 Å². The van der Waals surface area contributed by atoms with Crippen LogP contribution >= 0.6 is 22.7 Å². The summed E-state index contributed by atoms with van der Waals surface area (Å²) in [5, 5.41) is 1.91. The van der Waals surface area contributed by atoms with E-state index in [9.17, 15) is 9.59 Å². The molecule has 3 aromatic rings. The van der Waals surface area contributed by atoms with E-state index in [1.165, 1.54) is 28.7 Å². The van der Waals surface area contributed by atoms with Crippen LogP contribution in [0.2, 0.25) is 0 Å². The first-order valence-corrected chi connectivity index (χ1v) is 11.7. The zero-order chi connectivity index (χ0) is 23.5. The van der Waals surface area contributed by atoms with Gasteiger partial charge >= 0.3 is 5.97 Å². The zero-order valence-electron chi connectivity index (χ0n) is 18.4. The summed E-state index contributed by atoms with van der Waals surface area (Å²) in [6.07, 6.45) is 3.26. The minimum absolute atomic E-state index is 0.0762. The number of aromatic nitrogens is 1. The maximum absolute atomic E-state index is 13.6. The fourth-order valence-corrected chi connectivity index (χ4v) is 5.47. The fraction of sp³-hybridized carbons (Fsp3) is 0.208. The number of benzene rings is 1. The number of hydrogen-bond donors (Lipinski definition) is 0. The van der Waals surface area contributed by atoms with E-state index in [0.717, 1.165) is 4.88 Å². The molecule has 0 radical (unpaired) electrons. The van der Waals surface area contributed by atoms with Crippen molar-refractivity contribution in [2.75, 3.05) is 20.8 Å². The topological polar surface area (TPSA) is 79.1 Å². The lowest BCUT2D eigenvalue weighted by Crippen LogP contribution is -2.39. The summed E-state index contributed by atoms with van der Waals surface area (Å²) in [5.74, 6) is 0.744. The number of thiazole rings is 1. The number of thiophene rings is 1. The van der Waals surface area contributed by atoms with E-state index in [1.807, 2.05) is 17.5 Å². The number of hydrogen-bond acceptors (Lipinski definition) is 8. The van der Waals surface area contributed by atoms with E-state index >= 15 is 0 Å². The molecular weight excluding hydrogens is 460 g/mol. The van der Waals surface area contributed by atoms with Gasteiger partial charge < -0.3 is 14.2 Å². The van der Waals surface area contributed by atoms with Crippen LogP contribution in [0.4, 0.5) is 0 Å². The number of fused-ring (bicyclic) bond motifs is 1. The summed E-state index contributed by atoms with van der Waals surface area (Å²) in [7, 11) is 3.15. The molecule has 0 N–H and O–H groups in total. The Labute approximate surface area is 198 Å². The maximum atomic E-state index is 13.6. The van der Waals surface area contributed by atoms with Crippen molar-refractivity contribution in [3.8, 4) is 11.5 Å². The third kappa shape index (κ3) is 4.29. The van der Waals surface area contributed by atoms with Crippen molar-refractivity contribution in [3.05, 3.63) is 89.8 Å². The summed E-state index contributed by atoms with van der Waals surface area (Å²) in [4.78, 5) is 32.4. The minimum Gasteiger partial charge on any atom is -0.497 e. The highest BCUT2D eigenvalue weighted by Crippen LogP contribution is 2.33. The summed E-state index contributed by atoms with van der Waals surface area (Å²) in [5.41, 5.74) is 1.33. The average molecular weight is 483 g/mol. The second-order valence-corrected chi connectivity index (χ2v) is 9.08. The highest BCUT2D eigenvalue weighted by molar-refractivity contribution is 7.10. The Morgan fingerprint density at radius 1 is 1.27 bits per heavy atom. The lowest BCUT2D eigenvalue weighted by Gasteiger charge is -2.23. The highest BCUT2D eigenvalue weighted by atomic mass is 32.1. The number of methoxy groups -OCH3 is 2. The second-order valence-electron chi connectivity index (χ2n) is 7.09. The minimum atomic E-state index is -0.618. The van der Waals surface area contributed by atoms with Gasteiger partial charge in [0.15, 0.2) is 4.80 Å². The molecule has 1 aromatic carbocycles. The molecule has 1 aliphatic rings. The lowest BCUT2D eigenvalue weighted by atomic mass is 10.0. The molecule has 9 heteroatoms. The van der Waals surface area contributed by atoms with Crippen LogP contribution in [0.3, 0.4) is 0 Å². The number of carbonyl (C=O) groups is 1. The molecule has 0 bridgehead atoms. The number of esters is 1. The standard InChI is InChI=1S/C24H22N2O5S2/c1-5-10-31-23(28)20-14(2)25-24-26(21(20)18-7-6-11-32-18)22(27)19(33-24)13-15-12-16(29-3)8-9-17(15)30-4/h5-9,11-13,21H,1,10H2,2-4H3/b19-13-/t21-/m0/s1.